The van der Waals surface area contributed by atoms with Crippen LogP contribution in [0.25, 0.3) is 5.57 Å². The first-order valence-electron chi connectivity index (χ1n) is 20.4. The molecule has 3 aromatic rings. The number of hydrogen-bond donors (Lipinski definition) is 0. The number of unbranched alkanes of at least 4 members (excludes halogenated alkanes) is 1. The van der Waals surface area contributed by atoms with Crippen molar-refractivity contribution in [1.29, 1.82) is 0 Å². The molecular weight excluding hydrogens is 774 g/mol. The van der Waals surface area contributed by atoms with Crippen molar-refractivity contribution >= 4 is 27.4 Å². The zero-order chi connectivity index (χ0) is 39.2. The molecule has 290 valence electrons. The van der Waals surface area contributed by atoms with Crippen LogP contribution in [0.2, 0.25) is 0 Å². The lowest BCUT2D eigenvalue weighted by molar-refractivity contribution is -0.0753. The first-order valence-corrected chi connectivity index (χ1v) is 21.2. The first-order chi connectivity index (χ1) is 27.7. The van der Waals surface area contributed by atoms with Crippen LogP contribution in [0, 0.1) is 12.8 Å². The Bertz CT molecular complexity index is 2440. The van der Waals surface area contributed by atoms with E-state index in [4.69, 9.17) is 18.9 Å². The summed E-state index contributed by atoms with van der Waals surface area (Å²) in [5.74, 6) is 1.82. The lowest BCUT2D eigenvalue weighted by Gasteiger charge is -2.48. The Kier molecular flexibility index (Phi) is 8.82. The maximum Gasteiger partial charge on any atom is 0.261 e. The second kappa shape index (κ2) is 13.7. The van der Waals surface area contributed by atoms with Crippen molar-refractivity contribution in [1.82, 2.24) is 4.90 Å². The summed E-state index contributed by atoms with van der Waals surface area (Å²) in [6.45, 7) is 9.73. The third-order valence-electron chi connectivity index (χ3n) is 13.1. The number of rotatable bonds is 8. The van der Waals surface area contributed by atoms with E-state index in [-0.39, 0.29) is 35.7 Å². The number of amides is 1. The number of nitrogens with zero attached hydrogens (tertiary/aromatic N) is 1. The molecule has 57 heavy (non-hydrogen) atoms. The summed E-state index contributed by atoms with van der Waals surface area (Å²) in [6.07, 6.45) is 21.1. The van der Waals surface area contributed by atoms with Gasteiger partial charge in [-0.15, -0.1) is 0 Å². The molecular formula is C50H48BrNO5. The van der Waals surface area contributed by atoms with E-state index in [0.717, 1.165) is 82.7 Å². The van der Waals surface area contributed by atoms with Gasteiger partial charge in [0, 0.05) is 34.6 Å². The molecule has 0 saturated carbocycles. The van der Waals surface area contributed by atoms with Crippen LogP contribution in [0.5, 0.6) is 5.75 Å². The molecule has 10 rings (SSSR count). The standard InChI is InChI=1S/C50H48BrNO5/c1-6-7-27-55-35-23-17-31(18-24-35)50(30-15-21-34(54-5)22-16-30)26-25-38-44-41(36-13-8-9-14-37(36)45(38)57-50)42-39(49(44,3)4)28-29(2)40-43(42)46-48(56-46)52(47(40)53)33-12-10-11-32(51)19-20-33/h8-10,12-17,19-23,25-26,28,38,45-46,48H,6-7,11,18,24,27H2,1-5H3. The summed E-state index contributed by atoms with van der Waals surface area (Å²) in [6, 6.07) is 19.4. The lowest BCUT2D eigenvalue weighted by atomic mass is 9.67. The number of carbonyl (C=O) groups excluding carboxylic acids is 1. The van der Waals surface area contributed by atoms with E-state index >= 15 is 0 Å². The van der Waals surface area contributed by atoms with Gasteiger partial charge in [-0.05, 0) is 123 Å². The Morgan fingerprint density at radius 1 is 0.982 bits per heavy atom. The van der Waals surface area contributed by atoms with Gasteiger partial charge in [0.2, 0.25) is 0 Å². The summed E-state index contributed by atoms with van der Waals surface area (Å²) in [5.41, 5.74) is 12.2. The number of carbonyl (C=O) groups is 1. The number of fused-ring (bicyclic) bond motifs is 11. The molecule has 3 heterocycles. The number of ether oxygens (including phenoxy) is 4. The van der Waals surface area contributed by atoms with Gasteiger partial charge in [-0.2, -0.15) is 0 Å². The predicted octanol–water partition coefficient (Wildman–Crippen LogP) is 11.6. The quantitative estimate of drug-likeness (QED) is 0.129. The van der Waals surface area contributed by atoms with Crippen molar-refractivity contribution in [3.05, 3.63) is 175 Å². The van der Waals surface area contributed by atoms with Crippen molar-refractivity contribution < 1.29 is 23.7 Å². The number of hydrogen-bond acceptors (Lipinski definition) is 5. The van der Waals surface area contributed by atoms with Crippen molar-refractivity contribution in [2.75, 3.05) is 13.7 Å². The first kappa shape index (κ1) is 36.6. The zero-order valence-electron chi connectivity index (χ0n) is 33.2. The number of halogens is 1. The van der Waals surface area contributed by atoms with Crippen molar-refractivity contribution in [2.24, 2.45) is 5.92 Å². The topological polar surface area (TPSA) is 60.5 Å². The number of methoxy groups -OCH3 is 1. The summed E-state index contributed by atoms with van der Waals surface area (Å²) in [4.78, 5) is 16.6. The molecule has 4 aliphatic carbocycles. The van der Waals surface area contributed by atoms with Gasteiger partial charge in [0.05, 0.1) is 25.6 Å². The number of benzene rings is 3. The van der Waals surface area contributed by atoms with E-state index < -0.39 is 5.60 Å². The molecule has 5 unspecified atom stereocenters. The van der Waals surface area contributed by atoms with E-state index in [1.807, 2.05) is 35.3 Å². The van der Waals surface area contributed by atoms with Crippen LogP contribution >= 0.6 is 15.9 Å². The minimum atomic E-state index is -0.785. The van der Waals surface area contributed by atoms with Crippen LogP contribution in [0.3, 0.4) is 0 Å². The van der Waals surface area contributed by atoms with E-state index in [1.54, 1.807) is 7.11 Å². The fraction of sp³-hybridized carbons (Fsp3) is 0.340. The maximum atomic E-state index is 14.7. The number of epoxide rings is 1. The minimum absolute atomic E-state index is 0.000835. The smallest absolute Gasteiger partial charge is 0.261 e. The van der Waals surface area contributed by atoms with Crippen molar-refractivity contribution in [3.8, 4) is 5.75 Å². The van der Waals surface area contributed by atoms with Gasteiger partial charge in [0.1, 0.15) is 17.5 Å². The highest BCUT2D eigenvalue weighted by molar-refractivity contribution is 9.11. The molecule has 6 nitrogen and oxygen atoms in total. The summed E-state index contributed by atoms with van der Waals surface area (Å²) in [5, 5.41) is 0. The highest BCUT2D eigenvalue weighted by Gasteiger charge is 2.59. The molecule has 5 atom stereocenters. The number of allylic oxidation sites excluding steroid dienone is 8. The molecule has 0 aromatic heterocycles. The molecule has 3 aromatic carbocycles. The van der Waals surface area contributed by atoms with Crippen LogP contribution < -0.4 is 4.74 Å². The SMILES string of the molecule is CCCCOC1=CC=C(C2(c3ccc(OC)cc3)C=CC3C4=C(c5ccccc5C3O2)c2c(cc(C)c3c2C2OC2N(C2=CC=C(Br)CC=C2)C3=O)C4(C)C)CC1. The molecule has 7 aliphatic rings. The second-order valence-corrected chi connectivity index (χ2v) is 17.8. The fourth-order valence-corrected chi connectivity index (χ4v) is 10.6. The van der Waals surface area contributed by atoms with Gasteiger partial charge in [0.15, 0.2) is 6.23 Å². The van der Waals surface area contributed by atoms with Gasteiger partial charge in [-0.3, -0.25) is 9.69 Å². The average molecular weight is 823 g/mol. The highest BCUT2D eigenvalue weighted by Crippen LogP contribution is 2.65. The second-order valence-electron chi connectivity index (χ2n) is 16.8. The maximum absolute atomic E-state index is 14.7. The Morgan fingerprint density at radius 2 is 1.81 bits per heavy atom. The predicted molar refractivity (Wildman–Crippen MR) is 227 cm³/mol. The van der Waals surface area contributed by atoms with Gasteiger partial charge < -0.3 is 18.9 Å². The molecule has 0 radical (unpaired) electrons. The molecule has 0 N–H and O–H groups in total. The van der Waals surface area contributed by atoms with Gasteiger partial charge in [-0.1, -0.05) is 104 Å². The molecule has 3 aliphatic heterocycles. The lowest BCUT2D eigenvalue weighted by Crippen LogP contribution is -2.41. The zero-order valence-corrected chi connectivity index (χ0v) is 34.8. The molecule has 1 saturated heterocycles. The van der Waals surface area contributed by atoms with Crippen LogP contribution in [-0.2, 0) is 25.2 Å². The summed E-state index contributed by atoms with van der Waals surface area (Å²) >= 11 is 3.63. The van der Waals surface area contributed by atoms with Crippen LogP contribution in [0.15, 0.2) is 130 Å². The van der Waals surface area contributed by atoms with Gasteiger partial charge in [-0.25, -0.2) is 0 Å². The Hall–Kier alpha value is -4.69. The van der Waals surface area contributed by atoms with E-state index in [2.05, 4.69) is 116 Å². The van der Waals surface area contributed by atoms with E-state index in [1.165, 1.54) is 39.0 Å². The highest BCUT2D eigenvalue weighted by atomic mass is 79.9. The largest absolute Gasteiger partial charge is 0.498 e. The minimum Gasteiger partial charge on any atom is -0.498 e. The molecule has 7 heteroatoms. The third-order valence-corrected chi connectivity index (χ3v) is 13.7. The third kappa shape index (κ3) is 5.60. The van der Waals surface area contributed by atoms with Gasteiger partial charge >= 0.3 is 0 Å². The fourth-order valence-electron chi connectivity index (χ4n) is 10.3. The monoisotopic (exact) mass is 821 g/mol. The van der Waals surface area contributed by atoms with Crippen LogP contribution in [0.4, 0.5) is 0 Å². The van der Waals surface area contributed by atoms with Crippen molar-refractivity contribution in [2.45, 2.75) is 89.3 Å². The summed E-state index contributed by atoms with van der Waals surface area (Å²) in [7, 11) is 1.70. The summed E-state index contributed by atoms with van der Waals surface area (Å²) < 4.78 is 27.1. The van der Waals surface area contributed by atoms with E-state index in [9.17, 15) is 4.79 Å². The molecule has 0 bridgehead atoms. The van der Waals surface area contributed by atoms with Crippen LogP contribution in [-0.4, -0.2) is 30.8 Å². The average Bonchev–Trinajstić information content (AvgIpc) is 4.02. The molecule has 0 spiro atoms. The number of aryl methyl sites for hydroxylation is 1. The van der Waals surface area contributed by atoms with Gasteiger partial charge in [0.25, 0.3) is 5.91 Å². The van der Waals surface area contributed by atoms with Crippen LogP contribution in [0.1, 0.15) is 114 Å². The Balaban J connectivity index is 1.12. The van der Waals surface area contributed by atoms with Crippen molar-refractivity contribution in [3.63, 3.8) is 0 Å². The van der Waals surface area contributed by atoms with E-state index in [0.29, 0.717) is 0 Å². The normalized spacial score (nSPS) is 27.4. The molecule has 1 fully saturated rings. The Labute approximate surface area is 344 Å². The Morgan fingerprint density at radius 3 is 2.58 bits per heavy atom. The molecule has 1 amide bonds.